The Kier molecular flexibility index (Phi) is 6.72. The molecule has 0 unspecified atom stereocenters. The first kappa shape index (κ1) is 21.9. The van der Waals surface area contributed by atoms with Gasteiger partial charge in [-0.05, 0) is 54.7 Å². The van der Waals surface area contributed by atoms with Gasteiger partial charge in [-0.25, -0.2) is 0 Å². The molecular weight excluding hydrogens is 448 g/mol. The third-order valence-electron chi connectivity index (χ3n) is 5.11. The number of halogens is 1. The van der Waals surface area contributed by atoms with Crippen molar-refractivity contribution in [3.05, 3.63) is 83.3 Å². The smallest absolute Gasteiger partial charge is 0.293 e. The first-order valence-electron chi connectivity index (χ1n) is 10.1. The Morgan fingerprint density at radius 1 is 0.969 bits per heavy atom. The van der Waals surface area contributed by atoms with Gasteiger partial charge in [0.05, 0.1) is 17.0 Å². The van der Waals surface area contributed by atoms with Crippen LogP contribution in [0.4, 0.5) is 11.4 Å². The standard InChI is InChI=1S/C23H21ClN4O3S/c24-18-15-17(25-23(32)26-21(29)20-7-4-14-31-20)8-9-19(18)27-10-12-28(13-11-27)22(30)16-5-2-1-3-6-16/h1-9,14-15H,10-13H2,(H2,25,26,29,32). The van der Waals surface area contributed by atoms with Gasteiger partial charge in [-0.1, -0.05) is 29.8 Å². The van der Waals surface area contributed by atoms with Crippen LogP contribution in [-0.4, -0.2) is 48.0 Å². The number of hydrogen-bond acceptors (Lipinski definition) is 5. The average Bonchev–Trinajstić information content (AvgIpc) is 3.35. The van der Waals surface area contributed by atoms with Gasteiger partial charge in [0.25, 0.3) is 11.8 Å². The minimum Gasteiger partial charge on any atom is -0.459 e. The SMILES string of the molecule is O=C(NC(=S)Nc1ccc(N2CCN(C(=O)c3ccccc3)CC2)c(Cl)c1)c1ccco1. The van der Waals surface area contributed by atoms with Gasteiger partial charge >= 0.3 is 0 Å². The molecule has 2 aromatic carbocycles. The Bertz CT molecular complexity index is 1110. The van der Waals surface area contributed by atoms with Crippen LogP contribution < -0.4 is 15.5 Å². The zero-order valence-corrected chi connectivity index (χ0v) is 18.7. The number of thiocarbonyl (C=S) groups is 1. The predicted octanol–water partition coefficient (Wildman–Crippen LogP) is 4.02. The number of furan rings is 1. The minimum atomic E-state index is -0.432. The largest absolute Gasteiger partial charge is 0.459 e. The van der Waals surface area contributed by atoms with Crippen LogP contribution in [0.1, 0.15) is 20.9 Å². The van der Waals surface area contributed by atoms with Gasteiger partial charge in [-0.2, -0.15) is 0 Å². The summed E-state index contributed by atoms with van der Waals surface area (Å²) in [4.78, 5) is 28.6. The van der Waals surface area contributed by atoms with Crippen molar-refractivity contribution in [2.75, 3.05) is 36.4 Å². The van der Waals surface area contributed by atoms with Crippen LogP contribution in [0.3, 0.4) is 0 Å². The molecule has 0 saturated carbocycles. The fourth-order valence-corrected chi connectivity index (χ4v) is 4.00. The molecule has 0 aliphatic carbocycles. The Labute approximate surface area is 195 Å². The lowest BCUT2D eigenvalue weighted by molar-refractivity contribution is 0.0746. The maximum absolute atomic E-state index is 12.6. The van der Waals surface area contributed by atoms with Crippen molar-refractivity contribution in [3.8, 4) is 0 Å². The van der Waals surface area contributed by atoms with Gasteiger partial charge in [0.15, 0.2) is 10.9 Å². The van der Waals surface area contributed by atoms with E-state index in [1.165, 1.54) is 6.26 Å². The molecule has 1 saturated heterocycles. The molecule has 0 spiro atoms. The van der Waals surface area contributed by atoms with E-state index in [0.717, 1.165) is 5.69 Å². The number of amides is 2. The Morgan fingerprint density at radius 3 is 2.38 bits per heavy atom. The molecule has 7 nitrogen and oxygen atoms in total. The van der Waals surface area contributed by atoms with Crippen molar-refractivity contribution in [1.82, 2.24) is 10.2 Å². The molecule has 0 radical (unpaired) electrons. The second kappa shape index (κ2) is 9.84. The van der Waals surface area contributed by atoms with Crippen molar-refractivity contribution in [2.45, 2.75) is 0 Å². The average molecular weight is 469 g/mol. The molecule has 3 aromatic rings. The van der Waals surface area contributed by atoms with Gasteiger partial charge in [0.2, 0.25) is 0 Å². The minimum absolute atomic E-state index is 0.0426. The number of rotatable bonds is 4. The lowest BCUT2D eigenvalue weighted by Crippen LogP contribution is -2.48. The lowest BCUT2D eigenvalue weighted by Gasteiger charge is -2.36. The zero-order valence-electron chi connectivity index (χ0n) is 17.1. The molecule has 1 aromatic heterocycles. The number of nitrogens with one attached hydrogen (secondary N) is 2. The summed E-state index contributed by atoms with van der Waals surface area (Å²) in [6.45, 7) is 2.60. The molecule has 164 valence electrons. The van der Waals surface area contributed by atoms with E-state index >= 15 is 0 Å². The Morgan fingerprint density at radius 2 is 1.72 bits per heavy atom. The third kappa shape index (κ3) is 5.09. The molecule has 4 rings (SSSR count). The fraction of sp³-hybridized carbons (Fsp3) is 0.174. The van der Waals surface area contributed by atoms with Gasteiger partial charge in [0, 0.05) is 37.4 Å². The Balaban J connectivity index is 1.33. The predicted molar refractivity (Wildman–Crippen MR) is 128 cm³/mol. The highest BCUT2D eigenvalue weighted by molar-refractivity contribution is 7.80. The zero-order chi connectivity index (χ0) is 22.5. The molecule has 0 atom stereocenters. The van der Waals surface area contributed by atoms with Gasteiger partial charge in [-0.15, -0.1) is 0 Å². The highest BCUT2D eigenvalue weighted by Crippen LogP contribution is 2.30. The number of benzene rings is 2. The highest BCUT2D eigenvalue weighted by atomic mass is 35.5. The van der Waals surface area contributed by atoms with Gasteiger partial charge in [-0.3, -0.25) is 14.9 Å². The number of piperazine rings is 1. The molecule has 2 heterocycles. The van der Waals surface area contributed by atoms with E-state index in [0.29, 0.717) is 42.5 Å². The van der Waals surface area contributed by atoms with Crippen LogP contribution in [0.2, 0.25) is 5.02 Å². The Hall–Kier alpha value is -3.36. The summed E-state index contributed by atoms with van der Waals surface area (Å²) in [5.74, 6) is -0.216. The second-order valence-electron chi connectivity index (χ2n) is 7.20. The van der Waals surface area contributed by atoms with E-state index in [4.69, 9.17) is 28.2 Å². The van der Waals surface area contributed by atoms with E-state index in [1.54, 1.807) is 18.2 Å². The summed E-state index contributed by atoms with van der Waals surface area (Å²) in [5.41, 5.74) is 2.24. The van der Waals surface area contributed by atoms with Crippen molar-refractivity contribution in [2.24, 2.45) is 0 Å². The second-order valence-corrected chi connectivity index (χ2v) is 8.01. The molecule has 0 bridgehead atoms. The fourth-order valence-electron chi connectivity index (χ4n) is 3.49. The van der Waals surface area contributed by atoms with E-state index in [2.05, 4.69) is 15.5 Å². The highest BCUT2D eigenvalue weighted by Gasteiger charge is 2.23. The summed E-state index contributed by atoms with van der Waals surface area (Å²) in [6.07, 6.45) is 1.42. The van der Waals surface area contributed by atoms with Crippen LogP contribution in [0, 0.1) is 0 Å². The maximum atomic E-state index is 12.6. The van der Waals surface area contributed by atoms with Crippen LogP contribution in [-0.2, 0) is 0 Å². The molecule has 32 heavy (non-hydrogen) atoms. The van der Waals surface area contributed by atoms with Crippen LogP contribution in [0.25, 0.3) is 0 Å². The van der Waals surface area contributed by atoms with Crippen LogP contribution >= 0.6 is 23.8 Å². The van der Waals surface area contributed by atoms with Crippen molar-refractivity contribution in [1.29, 1.82) is 0 Å². The van der Waals surface area contributed by atoms with Crippen LogP contribution in [0.5, 0.6) is 0 Å². The summed E-state index contributed by atoms with van der Waals surface area (Å²) in [5, 5.41) is 6.20. The van der Waals surface area contributed by atoms with E-state index in [-0.39, 0.29) is 16.8 Å². The molecule has 2 N–H and O–H groups in total. The molecule has 2 amide bonds. The van der Waals surface area contributed by atoms with Crippen LogP contribution in [0.15, 0.2) is 71.3 Å². The van der Waals surface area contributed by atoms with Gasteiger partial charge < -0.3 is 19.5 Å². The summed E-state index contributed by atoms with van der Waals surface area (Å²) >= 11 is 11.7. The maximum Gasteiger partial charge on any atom is 0.293 e. The monoisotopic (exact) mass is 468 g/mol. The van der Waals surface area contributed by atoms with E-state index in [9.17, 15) is 9.59 Å². The summed E-state index contributed by atoms with van der Waals surface area (Å²) in [7, 11) is 0. The first-order valence-corrected chi connectivity index (χ1v) is 10.8. The summed E-state index contributed by atoms with van der Waals surface area (Å²) < 4.78 is 5.05. The first-order chi connectivity index (χ1) is 15.5. The number of carbonyl (C=O) groups excluding carboxylic acids is 2. The molecule has 1 aliphatic heterocycles. The number of nitrogens with zero attached hydrogens (tertiary/aromatic N) is 2. The molecule has 1 aliphatic rings. The van der Waals surface area contributed by atoms with E-state index in [1.807, 2.05) is 47.4 Å². The third-order valence-corrected chi connectivity index (χ3v) is 5.61. The topological polar surface area (TPSA) is 77.8 Å². The molecule has 1 fully saturated rings. The lowest BCUT2D eigenvalue weighted by atomic mass is 10.1. The number of anilines is 2. The van der Waals surface area contributed by atoms with E-state index < -0.39 is 5.91 Å². The van der Waals surface area contributed by atoms with Crippen molar-refractivity contribution < 1.29 is 14.0 Å². The van der Waals surface area contributed by atoms with Crippen molar-refractivity contribution in [3.63, 3.8) is 0 Å². The number of carbonyl (C=O) groups is 2. The van der Waals surface area contributed by atoms with Crippen molar-refractivity contribution >= 4 is 52.1 Å². The molecular formula is C23H21ClN4O3S. The quantitative estimate of drug-likeness (QED) is 0.563. The normalized spacial score (nSPS) is 13.5. The molecule has 9 heteroatoms. The number of hydrogen-bond donors (Lipinski definition) is 2. The summed E-state index contributed by atoms with van der Waals surface area (Å²) in [6, 6.07) is 18.0. The van der Waals surface area contributed by atoms with Gasteiger partial charge in [0.1, 0.15) is 0 Å².